The summed E-state index contributed by atoms with van der Waals surface area (Å²) in [6.07, 6.45) is -5.93. The predicted molar refractivity (Wildman–Crippen MR) is 133 cm³/mol. The molecule has 1 heterocycles. The lowest BCUT2D eigenvalue weighted by Gasteiger charge is -2.62. The van der Waals surface area contributed by atoms with Crippen molar-refractivity contribution in [2.24, 2.45) is 28.6 Å². The minimum absolute atomic E-state index is 0.233. The van der Waals surface area contributed by atoms with Gasteiger partial charge in [0.05, 0.1) is 6.10 Å². The quantitative estimate of drug-likeness (QED) is 0.258. The molecule has 0 aromatic heterocycles. The number of Topliss-reactive ketones (excluding diaryl/α,β-unsaturated/α-hetero) is 1. The SMILES string of the molecule is C[C@H]1C[C@H]2[C@@H]3CCC4=CC(=O)C=C[C@]4(C)[C@@]3(F)[C@@H](O)C[C@]2(C)[C@@]1(O)C(=O)CO[C@@H]1O[C@H](C(=O)O)[C@@H](O)[C@H](O)[C@H]1O. The zero-order valence-electron chi connectivity index (χ0n) is 22.6. The third kappa shape index (κ3) is 3.70. The molecule has 40 heavy (non-hydrogen) atoms. The molecular weight excluding hydrogens is 531 g/mol. The van der Waals surface area contributed by atoms with E-state index in [-0.39, 0.29) is 18.6 Å². The van der Waals surface area contributed by atoms with Crippen LogP contribution < -0.4 is 0 Å². The van der Waals surface area contributed by atoms with Crippen LogP contribution in [0.3, 0.4) is 0 Å². The van der Waals surface area contributed by atoms with Crippen LogP contribution in [0.25, 0.3) is 0 Å². The van der Waals surface area contributed by atoms with Crippen LogP contribution in [0.2, 0.25) is 0 Å². The van der Waals surface area contributed by atoms with E-state index in [2.05, 4.69) is 0 Å². The van der Waals surface area contributed by atoms with Crippen molar-refractivity contribution in [3.63, 3.8) is 0 Å². The van der Waals surface area contributed by atoms with E-state index in [0.29, 0.717) is 18.4 Å². The van der Waals surface area contributed by atoms with Gasteiger partial charge in [-0.2, -0.15) is 0 Å². The zero-order valence-corrected chi connectivity index (χ0v) is 22.6. The average molecular weight is 569 g/mol. The molecule has 0 unspecified atom stereocenters. The number of hydrogen-bond donors (Lipinski definition) is 6. The monoisotopic (exact) mass is 568 g/mol. The fourth-order valence-electron chi connectivity index (χ4n) is 8.60. The molecule has 222 valence electrons. The number of carbonyl (C=O) groups is 3. The van der Waals surface area contributed by atoms with Gasteiger partial charge in [0.15, 0.2) is 29.6 Å². The maximum Gasteiger partial charge on any atom is 0.335 e. The largest absolute Gasteiger partial charge is 0.479 e. The number of aliphatic carboxylic acids is 1. The molecule has 4 aliphatic carbocycles. The lowest BCUT2D eigenvalue weighted by molar-refractivity contribution is -0.293. The minimum Gasteiger partial charge on any atom is -0.479 e. The van der Waals surface area contributed by atoms with Crippen molar-refractivity contribution in [1.29, 1.82) is 0 Å². The standard InChI is InChI=1S/C28H37FO11/c1-12-8-16-15-5-4-13-9-14(30)6-7-25(13,2)27(15,29)17(31)10-26(16,3)28(12,38)18(32)11-39-24-21(35)19(33)20(34)22(40-24)23(36)37/h6-7,9,12,15-17,19-22,24,31,33-35,38H,4-5,8,10-11H2,1-3H3,(H,36,37)/t12-,15-,16-,17-,19-,20-,21+,22-,24+,25-,26-,27-,28-/m0/s1. The molecule has 11 nitrogen and oxygen atoms in total. The smallest absolute Gasteiger partial charge is 0.335 e. The van der Waals surface area contributed by atoms with Crippen LogP contribution in [0.4, 0.5) is 4.39 Å². The van der Waals surface area contributed by atoms with E-state index in [1.54, 1.807) is 20.8 Å². The molecule has 5 aliphatic rings. The summed E-state index contributed by atoms with van der Waals surface area (Å²) in [5, 5.41) is 62.8. The maximum atomic E-state index is 17.3. The Morgan fingerprint density at radius 2 is 1.80 bits per heavy atom. The van der Waals surface area contributed by atoms with E-state index >= 15 is 4.39 Å². The van der Waals surface area contributed by atoms with Crippen LogP contribution in [0.1, 0.15) is 46.5 Å². The predicted octanol–water partition coefficient (Wildman–Crippen LogP) is -0.188. The average Bonchev–Trinajstić information content (AvgIpc) is 3.09. The maximum absolute atomic E-state index is 17.3. The van der Waals surface area contributed by atoms with Gasteiger partial charge in [-0.15, -0.1) is 0 Å². The molecule has 1 saturated heterocycles. The molecule has 5 rings (SSSR count). The van der Waals surface area contributed by atoms with E-state index in [1.165, 1.54) is 18.2 Å². The molecule has 0 amide bonds. The highest BCUT2D eigenvalue weighted by molar-refractivity contribution is 6.01. The van der Waals surface area contributed by atoms with Gasteiger partial charge in [0, 0.05) is 16.7 Å². The molecule has 12 heteroatoms. The fraction of sp³-hybridized carbons (Fsp3) is 0.750. The molecule has 6 N–H and O–H groups in total. The van der Waals surface area contributed by atoms with Gasteiger partial charge in [-0.05, 0) is 56.6 Å². The lowest BCUT2D eigenvalue weighted by Crippen LogP contribution is -2.69. The van der Waals surface area contributed by atoms with Gasteiger partial charge in [0.1, 0.15) is 30.5 Å². The molecule has 0 aromatic rings. The Hall–Kier alpha value is -2.06. The summed E-state index contributed by atoms with van der Waals surface area (Å²) >= 11 is 0. The van der Waals surface area contributed by atoms with Crippen molar-refractivity contribution in [2.45, 2.75) is 94.5 Å². The number of alkyl halides is 1. The van der Waals surface area contributed by atoms with E-state index < -0.39 is 95.0 Å². The first-order valence-electron chi connectivity index (χ1n) is 13.6. The number of ether oxygens (including phenoxy) is 2. The fourth-order valence-corrected chi connectivity index (χ4v) is 8.60. The molecule has 4 fully saturated rings. The number of carbonyl (C=O) groups excluding carboxylic acids is 2. The van der Waals surface area contributed by atoms with Gasteiger partial charge in [-0.1, -0.05) is 25.5 Å². The Labute approximate surface area is 230 Å². The summed E-state index contributed by atoms with van der Waals surface area (Å²) in [5.74, 6) is -4.56. The molecule has 0 bridgehead atoms. The van der Waals surface area contributed by atoms with Crippen LogP contribution in [0, 0.1) is 28.6 Å². The highest BCUT2D eigenvalue weighted by Gasteiger charge is 2.75. The van der Waals surface area contributed by atoms with Crippen molar-refractivity contribution in [1.82, 2.24) is 0 Å². The summed E-state index contributed by atoms with van der Waals surface area (Å²) in [6.45, 7) is 4.16. The number of allylic oxidation sites excluding steroid dienone is 4. The van der Waals surface area contributed by atoms with Gasteiger partial charge >= 0.3 is 5.97 Å². The summed E-state index contributed by atoms with van der Waals surface area (Å²) < 4.78 is 27.7. The Balaban J connectivity index is 1.40. The molecule has 13 atom stereocenters. The lowest BCUT2D eigenvalue weighted by atomic mass is 9.44. The van der Waals surface area contributed by atoms with E-state index in [4.69, 9.17) is 9.47 Å². The summed E-state index contributed by atoms with van der Waals surface area (Å²) in [6, 6.07) is 0. The number of aliphatic hydroxyl groups excluding tert-OH is 4. The van der Waals surface area contributed by atoms with Crippen LogP contribution in [0.5, 0.6) is 0 Å². The van der Waals surface area contributed by atoms with Crippen molar-refractivity contribution < 1.29 is 58.9 Å². The van der Waals surface area contributed by atoms with Crippen LogP contribution in [-0.2, 0) is 23.9 Å². The Morgan fingerprint density at radius 3 is 2.45 bits per heavy atom. The second kappa shape index (κ2) is 9.48. The van der Waals surface area contributed by atoms with Gasteiger partial charge in [0.2, 0.25) is 0 Å². The molecule has 3 saturated carbocycles. The third-order valence-corrected chi connectivity index (χ3v) is 10.8. The number of ketones is 2. The van der Waals surface area contributed by atoms with Crippen molar-refractivity contribution >= 4 is 17.5 Å². The number of carboxylic acid groups (broad SMARTS) is 1. The third-order valence-electron chi connectivity index (χ3n) is 10.8. The Kier molecular flexibility index (Phi) is 6.98. The van der Waals surface area contributed by atoms with Gasteiger partial charge in [-0.25, -0.2) is 9.18 Å². The second-order valence-electron chi connectivity index (χ2n) is 12.6. The first-order chi connectivity index (χ1) is 18.5. The molecular formula is C28H37FO11. The zero-order chi connectivity index (χ0) is 29.6. The van der Waals surface area contributed by atoms with E-state index in [1.807, 2.05) is 0 Å². The summed E-state index contributed by atoms with van der Waals surface area (Å²) in [4.78, 5) is 37.0. The van der Waals surface area contributed by atoms with Crippen molar-refractivity contribution in [3.05, 3.63) is 23.8 Å². The number of rotatable bonds is 5. The highest BCUT2D eigenvalue weighted by atomic mass is 19.1. The molecule has 0 radical (unpaired) electrons. The summed E-state index contributed by atoms with van der Waals surface area (Å²) in [7, 11) is 0. The Bertz CT molecular complexity index is 1170. The van der Waals surface area contributed by atoms with E-state index in [0.717, 1.165) is 0 Å². The number of fused-ring (bicyclic) bond motifs is 5. The van der Waals surface area contributed by atoms with Gasteiger partial charge in [0.25, 0.3) is 0 Å². The first kappa shape index (κ1) is 29.4. The normalized spacial score (nSPS) is 51.9. The molecule has 0 aromatic carbocycles. The van der Waals surface area contributed by atoms with Crippen LogP contribution >= 0.6 is 0 Å². The van der Waals surface area contributed by atoms with E-state index in [9.17, 15) is 45.0 Å². The van der Waals surface area contributed by atoms with Gasteiger partial charge in [-0.3, -0.25) is 9.59 Å². The highest BCUT2D eigenvalue weighted by Crippen LogP contribution is 2.70. The molecule has 0 spiro atoms. The van der Waals surface area contributed by atoms with Crippen molar-refractivity contribution in [3.8, 4) is 0 Å². The summed E-state index contributed by atoms with van der Waals surface area (Å²) in [5.41, 5.74) is -6.07. The molecule has 1 aliphatic heterocycles. The number of carboxylic acids is 1. The van der Waals surface area contributed by atoms with Crippen LogP contribution in [0.15, 0.2) is 23.8 Å². The minimum atomic E-state index is -2.13. The topological polar surface area (TPSA) is 191 Å². The first-order valence-corrected chi connectivity index (χ1v) is 13.6. The Morgan fingerprint density at radius 1 is 1.12 bits per heavy atom. The number of halogens is 1. The van der Waals surface area contributed by atoms with Gasteiger partial charge < -0.3 is 40.1 Å². The number of aliphatic hydroxyl groups is 5. The number of hydrogen-bond acceptors (Lipinski definition) is 10. The van der Waals surface area contributed by atoms with Crippen LogP contribution in [-0.4, -0.2) is 103 Å². The van der Waals surface area contributed by atoms with Crippen molar-refractivity contribution in [2.75, 3.05) is 6.61 Å². The second-order valence-corrected chi connectivity index (χ2v) is 12.6.